The molecule has 2 heteroatoms. The summed E-state index contributed by atoms with van der Waals surface area (Å²) in [6.07, 6.45) is 4.97. The summed E-state index contributed by atoms with van der Waals surface area (Å²) in [7, 11) is 3.49. The minimum Gasteiger partial charge on any atom is -0.278 e. The molecule has 0 rings (SSSR count). The molecule has 0 radical (unpaired) electrons. The van der Waals surface area contributed by atoms with Crippen molar-refractivity contribution in [1.29, 1.82) is 0 Å². The normalized spacial score (nSPS) is 10.4. The van der Waals surface area contributed by atoms with Crippen LogP contribution in [0.1, 0.15) is 13.3 Å². The lowest BCUT2D eigenvalue weighted by atomic mass is 10.5. The number of hydrogen-bond donors (Lipinski definition) is 0. The van der Waals surface area contributed by atoms with Gasteiger partial charge in [-0.1, -0.05) is 13.0 Å². The van der Waals surface area contributed by atoms with Gasteiger partial charge < -0.3 is 0 Å². The van der Waals surface area contributed by atoms with Crippen LogP contribution >= 0.6 is 0 Å². The molecule has 8 heavy (non-hydrogen) atoms. The van der Waals surface area contributed by atoms with Crippen molar-refractivity contribution in [3.05, 3.63) is 12.3 Å². The molecule has 0 amide bonds. The molecule has 0 saturated heterocycles. The average molecular weight is 115 g/mol. The average Bonchev–Trinajstić information content (AvgIpc) is 1.83. The van der Waals surface area contributed by atoms with E-state index in [1.54, 1.807) is 12.2 Å². The molecule has 0 aliphatic carbocycles. The first-order chi connectivity index (χ1) is 3.81. The summed E-state index contributed by atoms with van der Waals surface area (Å²) in [5.74, 6) is 0. The van der Waals surface area contributed by atoms with Crippen LogP contribution in [0.2, 0.25) is 0 Å². The summed E-state index contributed by atoms with van der Waals surface area (Å²) < 4.78 is 0. The van der Waals surface area contributed by atoms with Gasteiger partial charge in [0, 0.05) is 13.2 Å². The van der Waals surface area contributed by atoms with Gasteiger partial charge in [0.1, 0.15) is 0 Å². The zero-order chi connectivity index (χ0) is 6.41. The Kier molecular flexibility index (Phi) is 4.36. The third-order valence-corrected chi connectivity index (χ3v) is 0.839. The molecule has 48 valence electrons. The van der Waals surface area contributed by atoms with E-state index in [4.69, 9.17) is 4.84 Å². The third-order valence-electron chi connectivity index (χ3n) is 0.839. The van der Waals surface area contributed by atoms with Gasteiger partial charge in [0.15, 0.2) is 0 Å². The summed E-state index contributed by atoms with van der Waals surface area (Å²) >= 11 is 0. The van der Waals surface area contributed by atoms with Gasteiger partial charge in [0.2, 0.25) is 0 Å². The number of hydroxylamine groups is 2. The summed E-state index contributed by atoms with van der Waals surface area (Å²) in [5, 5.41) is 1.66. The molecule has 0 aliphatic rings. The Morgan fingerprint density at radius 2 is 2.25 bits per heavy atom. The molecule has 2 nitrogen and oxygen atoms in total. The fourth-order valence-electron chi connectivity index (χ4n) is 0.315. The Balaban J connectivity index is 3.21. The molecule has 0 unspecified atom stereocenters. The third kappa shape index (κ3) is 3.68. The lowest BCUT2D eigenvalue weighted by Gasteiger charge is -2.07. The number of hydrogen-bond acceptors (Lipinski definition) is 2. The molecular weight excluding hydrogens is 102 g/mol. The Bertz CT molecular complexity index is 70.9. The van der Waals surface area contributed by atoms with Crippen LogP contribution in [0.15, 0.2) is 12.3 Å². The Morgan fingerprint density at radius 1 is 1.62 bits per heavy atom. The van der Waals surface area contributed by atoms with Crippen LogP contribution in [-0.4, -0.2) is 19.2 Å². The van der Waals surface area contributed by atoms with Crippen molar-refractivity contribution in [1.82, 2.24) is 5.06 Å². The highest BCUT2D eigenvalue weighted by atomic mass is 16.7. The van der Waals surface area contributed by atoms with E-state index in [1.165, 1.54) is 0 Å². The van der Waals surface area contributed by atoms with E-state index >= 15 is 0 Å². The highest BCUT2D eigenvalue weighted by molar-refractivity contribution is 4.74. The Labute approximate surface area is 50.7 Å². The molecule has 0 aliphatic heterocycles. The maximum Gasteiger partial charge on any atom is 0.0638 e. The van der Waals surface area contributed by atoms with E-state index in [2.05, 4.69) is 6.92 Å². The summed E-state index contributed by atoms with van der Waals surface area (Å²) in [6.45, 7) is 2.08. The molecule has 0 aromatic rings. The van der Waals surface area contributed by atoms with Crippen molar-refractivity contribution < 1.29 is 4.84 Å². The molecule has 0 saturated carbocycles. The maximum atomic E-state index is 4.80. The first-order valence-electron chi connectivity index (χ1n) is 2.74. The van der Waals surface area contributed by atoms with E-state index < -0.39 is 0 Å². The molecule has 0 fully saturated rings. The predicted octanol–water partition coefficient (Wildman–Crippen LogP) is 1.40. The standard InChI is InChI=1S/C6H13NO/c1-4-5-6-7(2)8-3/h5-6H,4H2,1-3H3/b6-5-. The van der Waals surface area contributed by atoms with Crippen LogP contribution in [-0.2, 0) is 4.84 Å². The first kappa shape index (κ1) is 7.50. The molecule has 0 aromatic carbocycles. The first-order valence-corrected chi connectivity index (χ1v) is 2.74. The molecule has 0 aromatic heterocycles. The van der Waals surface area contributed by atoms with Crippen LogP contribution in [0, 0.1) is 0 Å². The molecule has 0 bridgehead atoms. The Morgan fingerprint density at radius 3 is 2.62 bits per heavy atom. The largest absolute Gasteiger partial charge is 0.278 e. The van der Waals surface area contributed by atoms with Gasteiger partial charge in [0.05, 0.1) is 7.11 Å². The monoisotopic (exact) mass is 115 g/mol. The van der Waals surface area contributed by atoms with Crippen molar-refractivity contribution in [2.45, 2.75) is 13.3 Å². The molecule has 0 N–H and O–H groups in total. The van der Waals surface area contributed by atoms with Crippen molar-refractivity contribution in [3.63, 3.8) is 0 Å². The smallest absolute Gasteiger partial charge is 0.0638 e. The van der Waals surface area contributed by atoms with Crippen molar-refractivity contribution in [2.75, 3.05) is 14.2 Å². The maximum absolute atomic E-state index is 4.80. The van der Waals surface area contributed by atoms with E-state index in [9.17, 15) is 0 Å². The summed E-state index contributed by atoms with van der Waals surface area (Å²) in [6, 6.07) is 0. The summed E-state index contributed by atoms with van der Waals surface area (Å²) in [5.41, 5.74) is 0. The second-order valence-electron chi connectivity index (χ2n) is 1.52. The van der Waals surface area contributed by atoms with E-state index in [1.807, 2.05) is 19.3 Å². The molecule has 0 spiro atoms. The van der Waals surface area contributed by atoms with Crippen molar-refractivity contribution >= 4 is 0 Å². The minimum atomic E-state index is 1.05. The predicted molar refractivity (Wildman–Crippen MR) is 34.2 cm³/mol. The Hall–Kier alpha value is -0.500. The van der Waals surface area contributed by atoms with Gasteiger partial charge in [-0.15, -0.1) is 0 Å². The molecular formula is C6H13NO. The SMILES string of the molecule is CC/C=C\N(C)OC. The van der Waals surface area contributed by atoms with Gasteiger partial charge in [-0.05, 0) is 6.42 Å². The molecule has 0 atom stereocenters. The van der Waals surface area contributed by atoms with E-state index in [0.29, 0.717) is 0 Å². The fraction of sp³-hybridized carbons (Fsp3) is 0.667. The topological polar surface area (TPSA) is 12.5 Å². The van der Waals surface area contributed by atoms with Gasteiger partial charge in [-0.3, -0.25) is 9.90 Å². The highest BCUT2D eigenvalue weighted by Gasteiger charge is 1.78. The van der Waals surface area contributed by atoms with Crippen LogP contribution in [0.5, 0.6) is 0 Å². The van der Waals surface area contributed by atoms with Crippen LogP contribution in [0.25, 0.3) is 0 Å². The zero-order valence-corrected chi connectivity index (χ0v) is 5.72. The fourth-order valence-corrected chi connectivity index (χ4v) is 0.315. The van der Waals surface area contributed by atoms with Crippen LogP contribution < -0.4 is 0 Å². The molecule has 0 heterocycles. The number of allylic oxidation sites excluding steroid dienone is 1. The van der Waals surface area contributed by atoms with Gasteiger partial charge in [-0.25, -0.2) is 0 Å². The second-order valence-corrected chi connectivity index (χ2v) is 1.52. The minimum absolute atomic E-state index is 1.05. The van der Waals surface area contributed by atoms with Gasteiger partial charge in [0.25, 0.3) is 0 Å². The number of rotatable bonds is 3. The van der Waals surface area contributed by atoms with Crippen LogP contribution in [0.3, 0.4) is 0 Å². The lowest BCUT2D eigenvalue weighted by Crippen LogP contribution is -2.06. The quantitative estimate of drug-likeness (QED) is 0.515. The summed E-state index contributed by atoms with van der Waals surface area (Å²) in [4.78, 5) is 4.80. The van der Waals surface area contributed by atoms with E-state index in [-0.39, 0.29) is 0 Å². The van der Waals surface area contributed by atoms with Crippen LogP contribution in [0.4, 0.5) is 0 Å². The van der Waals surface area contributed by atoms with Crippen molar-refractivity contribution in [3.8, 4) is 0 Å². The number of nitrogens with zero attached hydrogens (tertiary/aromatic N) is 1. The van der Waals surface area contributed by atoms with Gasteiger partial charge >= 0.3 is 0 Å². The van der Waals surface area contributed by atoms with E-state index in [0.717, 1.165) is 6.42 Å². The highest BCUT2D eigenvalue weighted by Crippen LogP contribution is 1.84. The second kappa shape index (κ2) is 4.65. The van der Waals surface area contributed by atoms with Crippen molar-refractivity contribution in [2.24, 2.45) is 0 Å². The van der Waals surface area contributed by atoms with Gasteiger partial charge in [-0.2, -0.15) is 0 Å². The lowest BCUT2D eigenvalue weighted by molar-refractivity contribution is -0.0647. The zero-order valence-electron chi connectivity index (χ0n) is 5.72.